The van der Waals surface area contributed by atoms with Crippen molar-refractivity contribution in [3.05, 3.63) is 35.4 Å². The summed E-state index contributed by atoms with van der Waals surface area (Å²) in [5, 5.41) is 0. The molecule has 0 unspecified atom stereocenters. The average molecular weight is 169 g/mol. The first-order valence-corrected chi connectivity index (χ1v) is 4.64. The fraction of sp³-hybridized carbons (Fsp3) is 0.250. The van der Waals surface area contributed by atoms with Gasteiger partial charge in [-0.1, -0.05) is 18.2 Å². The summed E-state index contributed by atoms with van der Waals surface area (Å²) in [6, 6.07) is 8.27. The smallest absolute Gasteiger partial charge is 0.144 e. The van der Waals surface area contributed by atoms with Crippen LogP contribution in [-0.4, -0.2) is 8.42 Å². The first kappa shape index (κ1) is 8.27. The minimum atomic E-state index is -2.30. The van der Waals surface area contributed by atoms with Gasteiger partial charge >= 0.3 is 0 Å². The zero-order valence-electron chi connectivity index (χ0n) is 6.20. The van der Waals surface area contributed by atoms with E-state index in [2.05, 4.69) is 6.07 Å². The molecule has 0 saturated heterocycles. The predicted octanol–water partition coefficient (Wildman–Crippen LogP) is 0.907. The SMILES string of the molecule is Cc1[c]ccc(C[SH](=O)=O)c1. The van der Waals surface area contributed by atoms with Gasteiger partial charge in [-0.3, -0.25) is 0 Å². The number of thiol groups is 1. The average Bonchev–Trinajstić information content (AvgIpc) is 1.85. The van der Waals surface area contributed by atoms with Crippen LogP contribution >= 0.6 is 0 Å². The minimum absolute atomic E-state index is 0.130. The summed E-state index contributed by atoms with van der Waals surface area (Å²) >= 11 is 0. The molecule has 2 nitrogen and oxygen atoms in total. The normalized spacial score (nSPS) is 10.4. The molecule has 0 heterocycles. The summed E-state index contributed by atoms with van der Waals surface area (Å²) in [6.45, 7) is 1.89. The van der Waals surface area contributed by atoms with Crippen LogP contribution in [0.2, 0.25) is 0 Å². The summed E-state index contributed by atoms with van der Waals surface area (Å²) in [5.41, 5.74) is 1.80. The van der Waals surface area contributed by atoms with Crippen LogP contribution in [0, 0.1) is 13.0 Å². The van der Waals surface area contributed by atoms with E-state index in [1.807, 2.05) is 13.0 Å². The quantitative estimate of drug-likeness (QED) is 0.668. The van der Waals surface area contributed by atoms with Crippen LogP contribution in [0.1, 0.15) is 11.1 Å². The van der Waals surface area contributed by atoms with E-state index in [-0.39, 0.29) is 5.75 Å². The summed E-state index contributed by atoms with van der Waals surface area (Å²) in [7, 11) is -2.30. The molecule has 1 aromatic carbocycles. The van der Waals surface area contributed by atoms with Gasteiger partial charge in [-0.05, 0) is 24.1 Å². The maximum absolute atomic E-state index is 10.3. The fourth-order valence-electron chi connectivity index (χ4n) is 0.895. The van der Waals surface area contributed by atoms with Crippen molar-refractivity contribution in [1.29, 1.82) is 0 Å². The lowest BCUT2D eigenvalue weighted by atomic mass is 10.2. The predicted molar refractivity (Wildman–Crippen MR) is 44.0 cm³/mol. The summed E-state index contributed by atoms with van der Waals surface area (Å²) in [4.78, 5) is 0. The van der Waals surface area contributed by atoms with Gasteiger partial charge in [0.1, 0.15) is 10.7 Å². The first-order chi connectivity index (χ1) is 5.18. The zero-order chi connectivity index (χ0) is 8.27. The monoisotopic (exact) mass is 169 g/mol. The van der Waals surface area contributed by atoms with Crippen molar-refractivity contribution in [2.45, 2.75) is 12.7 Å². The molecule has 0 atom stereocenters. The Morgan fingerprint density at radius 3 is 2.82 bits per heavy atom. The second-order valence-electron chi connectivity index (χ2n) is 2.37. The zero-order valence-corrected chi connectivity index (χ0v) is 7.10. The highest BCUT2D eigenvalue weighted by atomic mass is 32.2. The van der Waals surface area contributed by atoms with Gasteiger partial charge in [0, 0.05) is 0 Å². The van der Waals surface area contributed by atoms with Gasteiger partial charge in [0.15, 0.2) is 0 Å². The van der Waals surface area contributed by atoms with Gasteiger partial charge in [-0.15, -0.1) is 0 Å². The lowest BCUT2D eigenvalue weighted by Gasteiger charge is -1.94. The second-order valence-corrected chi connectivity index (χ2v) is 3.35. The van der Waals surface area contributed by atoms with Gasteiger partial charge in [0.2, 0.25) is 0 Å². The molecule has 1 radical (unpaired) electrons. The molecule has 0 aliphatic rings. The fourth-order valence-corrected chi connectivity index (χ4v) is 1.39. The molecular weight excluding hydrogens is 160 g/mol. The molecule has 3 heteroatoms. The topological polar surface area (TPSA) is 34.1 Å². The molecule has 0 aromatic heterocycles. The molecule has 0 aliphatic heterocycles. The van der Waals surface area contributed by atoms with Crippen LogP contribution in [0.5, 0.6) is 0 Å². The standard InChI is InChI=1S/C8H9O2S/c1-7-3-2-4-8(5-7)6-11(9)10/h2,4-5,11H,6H2,1H3. The lowest BCUT2D eigenvalue weighted by Crippen LogP contribution is -1.86. The molecule has 59 valence electrons. The molecule has 1 aromatic rings. The molecule has 0 amide bonds. The molecule has 0 spiro atoms. The Kier molecular flexibility index (Phi) is 2.65. The van der Waals surface area contributed by atoms with Crippen LogP contribution in [0.3, 0.4) is 0 Å². The van der Waals surface area contributed by atoms with E-state index in [1.54, 1.807) is 12.1 Å². The van der Waals surface area contributed by atoms with Crippen molar-refractivity contribution in [2.24, 2.45) is 0 Å². The maximum atomic E-state index is 10.3. The van der Waals surface area contributed by atoms with E-state index in [0.29, 0.717) is 0 Å². The van der Waals surface area contributed by atoms with E-state index >= 15 is 0 Å². The molecule has 1 rings (SSSR count). The number of benzene rings is 1. The number of hydrogen-bond donors (Lipinski definition) is 1. The number of aryl methyl sites for hydroxylation is 1. The summed E-state index contributed by atoms with van der Waals surface area (Å²) in [6.07, 6.45) is 0. The third-order valence-corrected chi connectivity index (χ3v) is 1.95. The molecule has 11 heavy (non-hydrogen) atoms. The van der Waals surface area contributed by atoms with E-state index in [1.165, 1.54) is 0 Å². The van der Waals surface area contributed by atoms with Gasteiger partial charge < -0.3 is 0 Å². The highest BCUT2D eigenvalue weighted by Gasteiger charge is 1.93. The van der Waals surface area contributed by atoms with Crippen molar-refractivity contribution in [2.75, 3.05) is 0 Å². The third-order valence-electron chi connectivity index (χ3n) is 1.32. The second kappa shape index (κ2) is 3.53. The molecular formula is C8H9O2S. The first-order valence-electron chi connectivity index (χ1n) is 3.27. The minimum Gasteiger partial charge on any atom is -0.232 e. The summed E-state index contributed by atoms with van der Waals surface area (Å²) in [5.74, 6) is 0.130. The Morgan fingerprint density at radius 2 is 2.27 bits per heavy atom. The van der Waals surface area contributed by atoms with Crippen LogP contribution in [0.15, 0.2) is 18.2 Å². The highest BCUT2D eigenvalue weighted by molar-refractivity contribution is 7.71. The Morgan fingerprint density at radius 1 is 1.55 bits per heavy atom. The van der Waals surface area contributed by atoms with Gasteiger partial charge in [0.05, 0.1) is 5.75 Å². The van der Waals surface area contributed by atoms with Crippen molar-refractivity contribution in [3.8, 4) is 0 Å². The van der Waals surface area contributed by atoms with Crippen molar-refractivity contribution < 1.29 is 8.42 Å². The Hall–Kier alpha value is -0.830. The van der Waals surface area contributed by atoms with E-state index in [0.717, 1.165) is 11.1 Å². The number of rotatable bonds is 2. The molecule has 0 bridgehead atoms. The van der Waals surface area contributed by atoms with E-state index in [4.69, 9.17) is 0 Å². The van der Waals surface area contributed by atoms with Gasteiger partial charge in [-0.25, -0.2) is 8.42 Å². The molecule has 0 aliphatic carbocycles. The number of hydrogen-bond acceptors (Lipinski definition) is 2. The largest absolute Gasteiger partial charge is 0.232 e. The van der Waals surface area contributed by atoms with Crippen molar-refractivity contribution >= 4 is 10.7 Å². The Balaban J connectivity index is 2.87. The van der Waals surface area contributed by atoms with Crippen LogP contribution < -0.4 is 0 Å². The summed E-state index contributed by atoms with van der Waals surface area (Å²) < 4.78 is 20.6. The lowest BCUT2D eigenvalue weighted by molar-refractivity contribution is 0.614. The van der Waals surface area contributed by atoms with Crippen LogP contribution in [0.4, 0.5) is 0 Å². The third kappa shape index (κ3) is 2.72. The van der Waals surface area contributed by atoms with E-state index in [9.17, 15) is 8.42 Å². The van der Waals surface area contributed by atoms with Gasteiger partial charge in [-0.2, -0.15) is 0 Å². The van der Waals surface area contributed by atoms with Crippen molar-refractivity contribution in [1.82, 2.24) is 0 Å². The molecule has 0 N–H and O–H groups in total. The maximum Gasteiger partial charge on any atom is 0.144 e. The Bertz CT molecular complexity index is 308. The van der Waals surface area contributed by atoms with Crippen LogP contribution in [-0.2, 0) is 16.5 Å². The molecule has 0 saturated carbocycles. The Labute approximate surface area is 67.8 Å². The van der Waals surface area contributed by atoms with Crippen molar-refractivity contribution in [3.63, 3.8) is 0 Å². The molecule has 0 fully saturated rings. The highest BCUT2D eigenvalue weighted by Crippen LogP contribution is 2.03. The van der Waals surface area contributed by atoms with Crippen LogP contribution in [0.25, 0.3) is 0 Å². The van der Waals surface area contributed by atoms with Gasteiger partial charge in [0.25, 0.3) is 0 Å². The van der Waals surface area contributed by atoms with E-state index < -0.39 is 10.7 Å².